The molecule has 0 bridgehead atoms. The summed E-state index contributed by atoms with van der Waals surface area (Å²) >= 11 is 0. The molecule has 1 aromatic heterocycles. The largest absolute Gasteiger partial charge is 0.332 e. The summed E-state index contributed by atoms with van der Waals surface area (Å²) in [4.78, 5) is 18.5. The third-order valence-corrected chi connectivity index (χ3v) is 3.24. The van der Waals surface area contributed by atoms with Crippen LogP contribution in [0.4, 0.5) is 0 Å². The molecule has 1 aromatic rings. The van der Waals surface area contributed by atoms with E-state index in [2.05, 4.69) is 24.1 Å². The number of hydrogen-bond acceptors (Lipinski definition) is 3. The van der Waals surface area contributed by atoms with Crippen LogP contribution in [0.1, 0.15) is 29.9 Å². The van der Waals surface area contributed by atoms with Gasteiger partial charge in [0.05, 0.1) is 0 Å². The summed E-state index contributed by atoms with van der Waals surface area (Å²) in [5.41, 5.74) is 1.52. The van der Waals surface area contributed by atoms with Gasteiger partial charge in [-0.2, -0.15) is 0 Å². The minimum atomic E-state index is 0.0453. The number of aromatic nitrogens is 1. The molecule has 1 saturated heterocycles. The first kappa shape index (κ1) is 12.0. The molecule has 92 valence electrons. The van der Waals surface area contributed by atoms with Crippen molar-refractivity contribution in [3.05, 3.63) is 29.6 Å². The molecule has 1 aliphatic rings. The summed E-state index contributed by atoms with van der Waals surface area (Å²) in [6.45, 7) is 7.68. The minimum Gasteiger partial charge on any atom is -0.332 e. The van der Waals surface area contributed by atoms with Crippen LogP contribution in [0.5, 0.6) is 0 Å². The second-order valence-electron chi connectivity index (χ2n) is 4.78. The third-order valence-electron chi connectivity index (χ3n) is 3.24. The predicted octanol–water partition coefficient (Wildman–Crippen LogP) is 1.21. The van der Waals surface area contributed by atoms with E-state index in [1.165, 1.54) is 0 Å². The number of piperazine rings is 1. The van der Waals surface area contributed by atoms with E-state index in [4.69, 9.17) is 0 Å². The molecule has 2 atom stereocenters. The molecule has 0 aromatic carbocycles. The Labute approximate surface area is 102 Å². The van der Waals surface area contributed by atoms with Crippen molar-refractivity contribution in [2.24, 2.45) is 0 Å². The first-order valence-electron chi connectivity index (χ1n) is 6.05. The highest BCUT2D eigenvalue weighted by molar-refractivity contribution is 5.94. The fraction of sp³-hybridized carbons (Fsp3) is 0.538. The van der Waals surface area contributed by atoms with Gasteiger partial charge in [-0.25, -0.2) is 0 Å². The number of hydrogen-bond donors (Lipinski definition) is 1. The van der Waals surface area contributed by atoms with Crippen LogP contribution in [-0.4, -0.2) is 41.0 Å². The summed E-state index contributed by atoms with van der Waals surface area (Å²) in [7, 11) is 0. The summed E-state index contributed by atoms with van der Waals surface area (Å²) < 4.78 is 0. The number of nitrogens with one attached hydrogen (secondary N) is 1. The van der Waals surface area contributed by atoms with Gasteiger partial charge in [0.2, 0.25) is 0 Å². The average Bonchev–Trinajstić information content (AvgIpc) is 2.32. The van der Waals surface area contributed by atoms with Gasteiger partial charge >= 0.3 is 0 Å². The van der Waals surface area contributed by atoms with Gasteiger partial charge in [0.1, 0.15) is 5.69 Å². The summed E-state index contributed by atoms with van der Waals surface area (Å²) in [5.74, 6) is 0.0453. The number of pyridine rings is 1. The van der Waals surface area contributed by atoms with Crippen molar-refractivity contribution < 1.29 is 4.79 Å². The molecule has 0 radical (unpaired) electrons. The maximum Gasteiger partial charge on any atom is 0.273 e. The highest BCUT2D eigenvalue weighted by Crippen LogP contribution is 2.13. The lowest BCUT2D eigenvalue weighted by Crippen LogP contribution is -2.56. The Kier molecular flexibility index (Phi) is 3.43. The summed E-state index contributed by atoms with van der Waals surface area (Å²) in [6, 6.07) is 4.35. The molecule has 1 fully saturated rings. The van der Waals surface area contributed by atoms with Gasteiger partial charge in [-0.3, -0.25) is 9.78 Å². The Morgan fingerprint density at radius 3 is 3.00 bits per heavy atom. The van der Waals surface area contributed by atoms with Crippen molar-refractivity contribution in [3.8, 4) is 0 Å². The number of aryl methyl sites for hydroxylation is 1. The topological polar surface area (TPSA) is 45.2 Å². The predicted molar refractivity (Wildman–Crippen MR) is 66.9 cm³/mol. The van der Waals surface area contributed by atoms with Crippen LogP contribution in [0.15, 0.2) is 18.3 Å². The maximum atomic E-state index is 12.4. The van der Waals surface area contributed by atoms with Crippen LogP contribution >= 0.6 is 0 Å². The molecule has 1 amide bonds. The van der Waals surface area contributed by atoms with Gasteiger partial charge in [-0.05, 0) is 32.4 Å². The molecule has 0 spiro atoms. The molecule has 2 unspecified atom stereocenters. The lowest BCUT2D eigenvalue weighted by Gasteiger charge is -2.37. The van der Waals surface area contributed by atoms with Crippen molar-refractivity contribution in [2.75, 3.05) is 13.1 Å². The van der Waals surface area contributed by atoms with E-state index in [1.807, 2.05) is 24.0 Å². The maximum absolute atomic E-state index is 12.4. The summed E-state index contributed by atoms with van der Waals surface area (Å²) in [6.07, 6.45) is 1.68. The molecule has 4 nitrogen and oxygen atoms in total. The van der Waals surface area contributed by atoms with Gasteiger partial charge < -0.3 is 10.2 Å². The van der Waals surface area contributed by atoms with Gasteiger partial charge in [-0.15, -0.1) is 0 Å². The quantitative estimate of drug-likeness (QED) is 0.793. The van der Waals surface area contributed by atoms with Crippen molar-refractivity contribution in [3.63, 3.8) is 0 Å². The van der Waals surface area contributed by atoms with Crippen molar-refractivity contribution in [1.29, 1.82) is 0 Å². The number of amides is 1. The molecule has 0 aliphatic carbocycles. The van der Waals surface area contributed by atoms with E-state index in [0.717, 1.165) is 18.7 Å². The van der Waals surface area contributed by atoms with E-state index in [0.29, 0.717) is 11.7 Å². The fourth-order valence-corrected chi connectivity index (χ4v) is 2.15. The molecule has 2 rings (SSSR count). The zero-order valence-corrected chi connectivity index (χ0v) is 10.6. The van der Waals surface area contributed by atoms with E-state index >= 15 is 0 Å². The van der Waals surface area contributed by atoms with Crippen LogP contribution < -0.4 is 5.32 Å². The second-order valence-corrected chi connectivity index (χ2v) is 4.78. The Hall–Kier alpha value is -1.42. The third kappa shape index (κ3) is 2.47. The Morgan fingerprint density at radius 2 is 2.29 bits per heavy atom. The van der Waals surface area contributed by atoms with Crippen molar-refractivity contribution >= 4 is 5.91 Å². The molecular weight excluding hydrogens is 214 g/mol. The smallest absolute Gasteiger partial charge is 0.273 e. The molecule has 4 heteroatoms. The van der Waals surface area contributed by atoms with Gasteiger partial charge in [0.25, 0.3) is 5.91 Å². The SMILES string of the molecule is Cc1cccnc1C(=O)N1CC(C)NCC1C. The van der Waals surface area contributed by atoms with Crippen LogP contribution in [0.2, 0.25) is 0 Å². The van der Waals surface area contributed by atoms with E-state index in [-0.39, 0.29) is 11.9 Å². The number of carbonyl (C=O) groups excluding carboxylic acids is 1. The van der Waals surface area contributed by atoms with Crippen molar-refractivity contribution in [1.82, 2.24) is 15.2 Å². The highest BCUT2D eigenvalue weighted by Gasteiger charge is 2.28. The standard InChI is InChI=1S/C13H19N3O/c1-9-5-4-6-14-12(9)13(17)16-8-10(2)15-7-11(16)3/h4-6,10-11,15H,7-8H2,1-3H3. The average molecular weight is 233 g/mol. The normalized spacial score (nSPS) is 24.8. The molecule has 2 heterocycles. The zero-order chi connectivity index (χ0) is 12.4. The second kappa shape index (κ2) is 4.84. The number of rotatable bonds is 1. The van der Waals surface area contributed by atoms with Crippen LogP contribution in [-0.2, 0) is 0 Å². The monoisotopic (exact) mass is 233 g/mol. The lowest BCUT2D eigenvalue weighted by molar-refractivity contribution is 0.0609. The molecular formula is C13H19N3O. The Balaban J connectivity index is 2.22. The van der Waals surface area contributed by atoms with E-state index in [1.54, 1.807) is 6.20 Å². The van der Waals surface area contributed by atoms with Crippen LogP contribution in [0, 0.1) is 6.92 Å². The Morgan fingerprint density at radius 1 is 1.53 bits per heavy atom. The van der Waals surface area contributed by atoms with Crippen LogP contribution in [0.25, 0.3) is 0 Å². The van der Waals surface area contributed by atoms with Gasteiger partial charge in [0, 0.05) is 31.4 Å². The number of nitrogens with zero attached hydrogens (tertiary/aromatic N) is 2. The number of carbonyl (C=O) groups is 1. The Bertz CT molecular complexity index is 419. The lowest BCUT2D eigenvalue weighted by atomic mass is 10.1. The van der Waals surface area contributed by atoms with Gasteiger partial charge in [0.15, 0.2) is 0 Å². The molecule has 0 saturated carbocycles. The van der Waals surface area contributed by atoms with E-state index < -0.39 is 0 Å². The van der Waals surface area contributed by atoms with E-state index in [9.17, 15) is 4.79 Å². The highest BCUT2D eigenvalue weighted by atomic mass is 16.2. The van der Waals surface area contributed by atoms with Crippen LogP contribution in [0.3, 0.4) is 0 Å². The fourth-order valence-electron chi connectivity index (χ4n) is 2.15. The molecule has 1 aliphatic heterocycles. The summed E-state index contributed by atoms with van der Waals surface area (Å²) in [5, 5.41) is 3.37. The molecule has 17 heavy (non-hydrogen) atoms. The zero-order valence-electron chi connectivity index (χ0n) is 10.6. The van der Waals surface area contributed by atoms with Crippen molar-refractivity contribution in [2.45, 2.75) is 32.9 Å². The van der Waals surface area contributed by atoms with Gasteiger partial charge in [-0.1, -0.05) is 6.07 Å². The first-order valence-corrected chi connectivity index (χ1v) is 6.05. The first-order chi connectivity index (χ1) is 8.09. The molecule has 1 N–H and O–H groups in total. The minimum absolute atomic E-state index is 0.0453.